The van der Waals surface area contributed by atoms with E-state index in [0.717, 1.165) is 18.5 Å². The number of ether oxygens (including phenoxy) is 1. The van der Waals surface area contributed by atoms with Crippen LogP contribution in [0, 0.1) is 0 Å². The fourth-order valence-corrected chi connectivity index (χ4v) is 3.43. The van der Waals surface area contributed by atoms with Crippen LogP contribution in [-0.2, 0) is 4.74 Å². The number of hydrogen-bond donors (Lipinski definition) is 1. The van der Waals surface area contributed by atoms with Crippen LogP contribution in [0.4, 0.5) is 5.69 Å². The maximum absolute atomic E-state index is 12.4. The van der Waals surface area contributed by atoms with Gasteiger partial charge in [-0.15, -0.1) is 0 Å². The number of carbonyl (C=O) groups is 1. The Labute approximate surface area is 133 Å². The maximum Gasteiger partial charge on any atom is 0.338 e. The average Bonchev–Trinajstić information content (AvgIpc) is 2.34. The summed E-state index contributed by atoms with van der Waals surface area (Å²) >= 11 is 0. The van der Waals surface area contributed by atoms with E-state index in [2.05, 4.69) is 33.0 Å². The SMILES string of the molecule is CN(C)c1ccc(C(=O)OC2CC(C)(C)NC(C)(C)C2)cc1. The molecule has 0 aliphatic carbocycles. The molecule has 0 radical (unpaired) electrons. The molecule has 0 amide bonds. The zero-order valence-corrected chi connectivity index (χ0v) is 14.6. The smallest absolute Gasteiger partial charge is 0.338 e. The summed E-state index contributed by atoms with van der Waals surface area (Å²) in [7, 11) is 3.96. The summed E-state index contributed by atoms with van der Waals surface area (Å²) in [6.07, 6.45) is 1.61. The molecule has 0 spiro atoms. The molecule has 1 heterocycles. The molecule has 1 N–H and O–H groups in total. The second kappa shape index (κ2) is 5.92. The Morgan fingerprint density at radius 2 is 1.59 bits per heavy atom. The molecular formula is C18H28N2O2. The zero-order chi connectivity index (χ0) is 16.5. The Kier molecular flexibility index (Phi) is 4.52. The molecule has 0 aromatic heterocycles. The lowest BCUT2D eigenvalue weighted by Gasteiger charge is -2.45. The van der Waals surface area contributed by atoms with E-state index in [1.54, 1.807) is 0 Å². The minimum Gasteiger partial charge on any atom is -0.459 e. The van der Waals surface area contributed by atoms with Crippen LogP contribution in [0.1, 0.15) is 50.9 Å². The van der Waals surface area contributed by atoms with Crippen molar-refractivity contribution in [1.29, 1.82) is 0 Å². The molecular weight excluding hydrogens is 276 g/mol. The molecule has 1 fully saturated rings. The quantitative estimate of drug-likeness (QED) is 0.871. The van der Waals surface area contributed by atoms with Crippen molar-refractivity contribution in [3.8, 4) is 0 Å². The van der Waals surface area contributed by atoms with Crippen LogP contribution in [0.3, 0.4) is 0 Å². The van der Waals surface area contributed by atoms with Gasteiger partial charge in [-0.25, -0.2) is 4.79 Å². The largest absolute Gasteiger partial charge is 0.459 e. The van der Waals surface area contributed by atoms with Crippen molar-refractivity contribution in [1.82, 2.24) is 5.32 Å². The normalized spacial score (nSPS) is 20.5. The highest BCUT2D eigenvalue weighted by Crippen LogP contribution is 2.30. The Hall–Kier alpha value is -1.55. The van der Waals surface area contributed by atoms with Crippen molar-refractivity contribution >= 4 is 11.7 Å². The molecule has 4 nitrogen and oxygen atoms in total. The fraction of sp³-hybridized carbons (Fsp3) is 0.611. The van der Waals surface area contributed by atoms with Crippen LogP contribution in [-0.4, -0.2) is 37.2 Å². The van der Waals surface area contributed by atoms with Crippen molar-refractivity contribution in [2.45, 2.75) is 57.7 Å². The van der Waals surface area contributed by atoms with Crippen LogP contribution in [0.25, 0.3) is 0 Å². The second-order valence-corrected chi connectivity index (χ2v) is 7.77. The summed E-state index contributed by atoms with van der Waals surface area (Å²) in [5.41, 5.74) is 1.63. The molecule has 0 unspecified atom stereocenters. The number of esters is 1. The first-order chi connectivity index (χ1) is 10.1. The third-order valence-electron chi connectivity index (χ3n) is 4.05. The third kappa shape index (κ3) is 4.23. The van der Waals surface area contributed by atoms with E-state index >= 15 is 0 Å². The molecule has 1 aromatic carbocycles. The molecule has 1 saturated heterocycles. The summed E-state index contributed by atoms with van der Waals surface area (Å²) < 4.78 is 5.76. The number of nitrogens with one attached hydrogen (secondary N) is 1. The van der Waals surface area contributed by atoms with Gasteiger partial charge in [0.05, 0.1) is 5.56 Å². The van der Waals surface area contributed by atoms with Crippen LogP contribution >= 0.6 is 0 Å². The van der Waals surface area contributed by atoms with Gasteiger partial charge in [0, 0.05) is 43.7 Å². The van der Waals surface area contributed by atoms with Gasteiger partial charge in [0.15, 0.2) is 0 Å². The molecule has 2 rings (SSSR count). The number of piperidine rings is 1. The summed E-state index contributed by atoms with van der Waals surface area (Å²) in [6, 6.07) is 7.53. The van der Waals surface area contributed by atoms with Gasteiger partial charge in [0.25, 0.3) is 0 Å². The Morgan fingerprint density at radius 3 is 2.05 bits per heavy atom. The fourth-order valence-electron chi connectivity index (χ4n) is 3.43. The minimum absolute atomic E-state index is 0.0263. The van der Waals surface area contributed by atoms with E-state index in [1.807, 2.05) is 43.3 Å². The minimum atomic E-state index is -0.233. The van der Waals surface area contributed by atoms with Gasteiger partial charge in [-0.1, -0.05) is 0 Å². The van der Waals surface area contributed by atoms with Gasteiger partial charge in [-0.3, -0.25) is 0 Å². The first-order valence-corrected chi connectivity index (χ1v) is 7.86. The Morgan fingerprint density at radius 1 is 1.09 bits per heavy atom. The lowest BCUT2D eigenvalue weighted by atomic mass is 9.81. The predicted molar refractivity (Wildman–Crippen MR) is 90.5 cm³/mol. The summed E-state index contributed by atoms with van der Waals surface area (Å²) in [5.74, 6) is -0.233. The second-order valence-electron chi connectivity index (χ2n) is 7.77. The summed E-state index contributed by atoms with van der Waals surface area (Å²) in [4.78, 5) is 14.4. The zero-order valence-electron chi connectivity index (χ0n) is 14.6. The molecule has 0 saturated carbocycles. The number of anilines is 1. The highest BCUT2D eigenvalue weighted by atomic mass is 16.5. The highest BCUT2D eigenvalue weighted by molar-refractivity contribution is 5.90. The molecule has 122 valence electrons. The Bertz CT molecular complexity index is 517. The maximum atomic E-state index is 12.4. The van der Waals surface area contributed by atoms with Crippen LogP contribution < -0.4 is 10.2 Å². The molecule has 1 aliphatic rings. The van der Waals surface area contributed by atoms with Crippen LogP contribution in [0.2, 0.25) is 0 Å². The van der Waals surface area contributed by atoms with E-state index < -0.39 is 0 Å². The average molecular weight is 304 g/mol. The van der Waals surface area contributed by atoms with E-state index in [4.69, 9.17) is 4.74 Å². The van der Waals surface area contributed by atoms with Gasteiger partial charge in [0.1, 0.15) is 6.10 Å². The van der Waals surface area contributed by atoms with Gasteiger partial charge in [-0.05, 0) is 52.0 Å². The van der Waals surface area contributed by atoms with Gasteiger partial charge in [-0.2, -0.15) is 0 Å². The number of rotatable bonds is 3. The van der Waals surface area contributed by atoms with Crippen LogP contribution in [0.5, 0.6) is 0 Å². The highest BCUT2D eigenvalue weighted by Gasteiger charge is 2.39. The van der Waals surface area contributed by atoms with Gasteiger partial charge < -0.3 is 15.0 Å². The van der Waals surface area contributed by atoms with E-state index in [9.17, 15) is 4.79 Å². The van der Waals surface area contributed by atoms with Gasteiger partial charge >= 0.3 is 5.97 Å². The lowest BCUT2D eigenvalue weighted by Crippen LogP contribution is -2.59. The topological polar surface area (TPSA) is 41.6 Å². The van der Waals surface area contributed by atoms with Crippen molar-refractivity contribution < 1.29 is 9.53 Å². The first kappa shape index (κ1) is 16.8. The lowest BCUT2D eigenvalue weighted by molar-refractivity contribution is -0.00637. The first-order valence-electron chi connectivity index (χ1n) is 7.86. The van der Waals surface area contributed by atoms with Gasteiger partial charge in [0.2, 0.25) is 0 Å². The summed E-state index contributed by atoms with van der Waals surface area (Å²) in [5, 5.41) is 3.60. The molecule has 22 heavy (non-hydrogen) atoms. The number of carbonyl (C=O) groups excluding carboxylic acids is 1. The molecule has 4 heteroatoms. The molecule has 0 bridgehead atoms. The Balaban J connectivity index is 2.05. The number of nitrogens with zero attached hydrogens (tertiary/aromatic N) is 1. The van der Waals surface area contributed by atoms with E-state index in [0.29, 0.717) is 5.56 Å². The summed E-state index contributed by atoms with van der Waals surface area (Å²) in [6.45, 7) is 8.61. The van der Waals surface area contributed by atoms with Crippen molar-refractivity contribution in [2.75, 3.05) is 19.0 Å². The molecule has 0 atom stereocenters. The van der Waals surface area contributed by atoms with E-state index in [1.165, 1.54) is 0 Å². The molecule has 1 aliphatic heterocycles. The predicted octanol–water partition coefficient (Wildman–Crippen LogP) is 3.22. The van der Waals surface area contributed by atoms with Crippen molar-refractivity contribution in [3.63, 3.8) is 0 Å². The number of hydrogen-bond acceptors (Lipinski definition) is 4. The van der Waals surface area contributed by atoms with Crippen LogP contribution in [0.15, 0.2) is 24.3 Å². The standard InChI is InChI=1S/C18H28N2O2/c1-17(2)11-15(12-18(3,4)19-17)22-16(21)13-7-9-14(10-8-13)20(5)6/h7-10,15,19H,11-12H2,1-6H3. The van der Waals surface area contributed by atoms with Crippen molar-refractivity contribution in [2.24, 2.45) is 0 Å². The van der Waals surface area contributed by atoms with Crippen molar-refractivity contribution in [3.05, 3.63) is 29.8 Å². The number of benzene rings is 1. The molecule has 1 aromatic rings. The van der Waals surface area contributed by atoms with E-state index in [-0.39, 0.29) is 23.2 Å². The monoisotopic (exact) mass is 304 g/mol. The third-order valence-corrected chi connectivity index (χ3v) is 4.05.